The molecule has 0 N–H and O–H groups in total. The van der Waals surface area contributed by atoms with Gasteiger partial charge in [-0.15, -0.1) is 10.2 Å². The van der Waals surface area contributed by atoms with Gasteiger partial charge in [-0.1, -0.05) is 28.1 Å². The minimum absolute atomic E-state index is 0.438. The molecular weight excluding hydrogens is 372 g/mol. The fourth-order valence-electron chi connectivity index (χ4n) is 1.94. The molecule has 0 fully saturated rings. The van der Waals surface area contributed by atoms with Crippen molar-refractivity contribution < 1.29 is 9.47 Å². The van der Waals surface area contributed by atoms with Crippen molar-refractivity contribution in [3.63, 3.8) is 0 Å². The second kappa shape index (κ2) is 8.26. The topological polar surface area (TPSA) is 61.5 Å². The molecule has 6 nitrogen and oxygen atoms in total. The molecule has 0 spiro atoms. The summed E-state index contributed by atoms with van der Waals surface area (Å²) >= 11 is 3.39. The molecule has 1 aromatic heterocycles. The van der Waals surface area contributed by atoms with E-state index in [-0.39, 0.29) is 0 Å². The molecule has 0 saturated carbocycles. The Hall–Kier alpha value is -2.67. The number of hydrogen-bond donors (Lipinski definition) is 0. The van der Waals surface area contributed by atoms with Gasteiger partial charge in [0.1, 0.15) is 37.4 Å². The van der Waals surface area contributed by atoms with Crippen LogP contribution in [0.2, 0.25) is 0 Å². The second-order valence-electron chi connectivity index (χ2n) is 4.78. The summed E-state index contributed by atoms with van der Waals surface area (Å²) in [7, 11) is 0. The van der Waals surface area contributed by atoms with Gasteiger partial charge in [-0.3, -0.25) is 0 Å². The monoisotopic (exact) mass is 386 g/mol. The number of hydrogen-bond acceptors (Lipinski definition) is 5. The van der Waals surface area contributed by atoms with E-state index in [1.54, 1.807) is 6.21 Å². The van der Waals surface area contributed by atoms with Crippen LogP contribution in [0.3, 0.4) is 0 Å². The first-order valence-corrected chi connectivity index (χ1v) is 8.10. The maximum Gasteiger partial charge on any atom is 0.141 e. The van der Waals surface area contributed by atoms with Gasteiger partial charge in [-0.25, -0.2) is 4.68 Å². The quantitative estimate of drug-likeness (QED) is 0.461. The summed E-state index contributed by atoms with van der Waals surface area (Å²) in [5, 5.41) is 11.6. The summed E-state index contributed by atoms with van der Waals surface area (Å²) in [4.78, 5) is 0. The molecule has 122 valence electrons. The standard InChI is InChI=1S/C17H15BrN4O2/c18-15-5-7-16(8-6-15)23-9-10-24-17-4-2-1-3-14(17)11-21-22-12-19-20-13-22/h1-8,11-13H,9-10H2. The van der Waals surface area contributed by atoms with Crippen LogP contribution in [0, 0.1) is 0 Å². The summed E-state index contributed by atoms with van der Waals surface area (Å²) in [6.45, 7) is 0.895. The molecule has 0 aliphatic rings. The Balaban J connectivity index is 1.54. The summed E-state index contributed by atoms with van der Waals surface area (Å²) in [5.74, 6) is 1.55. The minimum atomic E-state index is 0.438. The first-order valence-electron chi connectivity index (χ1n) is 7.30. The van der Waals surface area contributed by atoms with Crippen LogP contribution >= 0.6 is 15.9 Å². The van der Waals surface area contributed by atoms with Crippen LogP contribution in [0.1, 0.15) is 5.56 Å². The fraction of sp³-hybridized carbons (Fsp3) is 0.118. The molecular formula is C17H15BrN4O2. The van der Waals surface area contributed by atoms with E-state index >= 15 is 0 Å². The molecule has 3 rings (SSSR count). The largest absolute Gasteiger partial charge is 0.490 e. The van der Waals surface area contributed by atoms with Crippen molar-refractivity contribution in [3.05, 3.63) is 71.2 Å². The Kier molecular flexibility index (Phi) is 5.57. The van der Waals surface area contributed by atoms with Crippen molar-refractivity contribution in [2.45, 2.75) is 0 Å². The highest BCUT2D eigenvalue weighted by Gasteiger charge is 2.01. The van der Waals surface area contributed by atoms with Gasteiger partial charge < -0.3 is 9.47 Å². The van der Waals surface area contributed by atoms with Gasteiger partial charge in [-0.05, 0) is 36.4 Å². The Morgan fingerprint density at radius 1 is 0.958 bits per heavy atom. The van der Waals surface area contributed by atoms with E-state index in [0.29, 0.717) is 13.2 Å². The van der Waals surface area contributed by atoms with Crippen LogP contribution < -0.4 is 9.47 Å². The van der Waals surface area contributed by atoms with Crippen LogP contribution in [0.4, 0.5) is 0 Å². The number of ether oxygens (including phenoxy) is 2. The average Bonchev–Trinajstić information content (AvgIpc) is 3.13. The summed E-state index contributed by atoms with van der Waals surface area (Å²) in [5.41, 5.74) is 0.870. The predicted octanol–water partition coefficient (Wildman–Crippen LogP) is 3.38. The van der Waals surface area contributed by atoms with Gasteiger partial charge >= 0.3 is 0 Å². The maximum absolute atomic E-state index is 5.79. The fourth-order valence-corrected chi connectivity index (χ4v) is 2.21. The van der Waals surface area contributed by atoms with E-state index in [4.69, 9.17) is 9.47 Å². The van der Waals surface area contributed by atoms with Crippen LogP contribution in [-0.4, -0.2) is 34.3 Å². The Morgan fingerprint density at radius 2 is 1.67 bits per heavy atom. The van der Waals surface area contributed by atoms with Gasteiger partial charge in [0.15, 0.2) is 0 Å². The SMILES string of the molecule is Brc1ccc(OCCOc2ccccc2C=Nn2cnnc2)cc1. The molecule has 0 amide bonds. The molecule has 0 unspecified atom stereocenters. The normalized spacial score (nSPS) is 10.9. The first-order chi connectivity index (χ1) is 11.8. The van der Waals surface area contributed by atoms with Crippen molar-refractivity contribution in [1.82, 2.24) is 14.9 Å². The number of aromatic nitrogens is 3. The Bertz CT molecular complexity index is 789. The number of rotatable bonds is 7. The summed E-state index contributed by atoms with van der Waals surface area (Å²) < 4.78 is 14.0. The van der Waals surface area contributed by atoms with Gasteiger partial charge in [-0.2, -0.15) is 5.10 Å². The lowest BCUT2D eigenvalue weighted by atomic mass is 10.2. The van der Waals surface area contributed by atoms with Crippen LogP contribution in [-0.2, 0) is 0 Å². The molecule has 7 heteroatoms. The van der Waals surface area contributed by atoms with Gasteiger partial charge in [0.25, 0.3) is 0 Å². The van der Waals surface area contributed by atoms with Crippen molar-refractivity contribution in [1.29, 1.82) is 0 Å². The number of para-hydroxylation sites is 1. The van der Waals surface area contributed by atoms with E-state index in [1.807, 2.05) is 48.5 Å². The molecule has 24 heavy (non-hydrogen) atoms. The molecule has 0 aliphatic carbocycles. The van der Waals surface area contributed by atoms with Gasteiger partial charge in [0.05, 0.1) is 6.21 Å². The van der Waals surface area contributed by atoms with E-state index in [0.717, 1.165) is 21.5 Å². The third-order valence-electron chi connectivity index (χ3n) is 3.08. The molecule has 0 atom stereocenters. The first kappa shape index (κ1) is 16.2. The Labute approximate surface area is 147 Å². The van der Waals surface area contributed by atoms with Gasteiger partial charge in [0, 0.05) is 10.0 Å². The number of nitrogens with zero attached hydrogens (tertiary/aromatic N) is 4. The van der Waals surface area contributed by atoms with Crippen molar-refractivity contribution in [2.75, 3.05) is 13.2 Å². The highest BCUT2D eigenvalue weighted by atomic mass is 79.9. The molecule has 0 bridgehead atoms. The van der Waals surface area contributed by atoms with Crippen molar-refractivity contribution >= 4 is 22.1 Å². The Morgan fingerprint density at radius 3 is 2.46 bits per heavy atom. The second-order valence-corrected chi connectivity index (χ2v) is 5.69. The summed E-state index contributed by atoms with van der Waals surface area (Å²) in [6, 6.07) is 15.4. The molecule has 2 aromatic carbocycles. The lowest BCUT2D eigenvalue weighted by molar-refractivity contribution is 0.217. The molecule has 3 aromatic rings. The minimum Gasteiger partial charge on any atom is -0.490 e. The zero-order chi connectivity index (χ0) is 16.6. The number of benzene rings is 2. The third kappa shape index (κ3) is 4.66. The summed E-state index contributed by atoms with van der Waals surface area (Å²) in [6.07, 6.45) is 4.74. The van der Waals surface area contributed by atoms with Crippen molar-refractivity contribution in [3.8, 4) is 11.5 Å². The average molecular weight is 387 g/mol. The van der Waals surface area contributed by atoms with Crippen LogP contribution in [0.15, 0.2) is 70.8 Å². The van der Waals surface area contributed by atoms with E-state index in [1.165, 1.54) is 17.3 Å². The number of halogens is 1. The van der Waals surface area contributed by atoms with Crippen LogP contribution in [0.25, 0.3) is 0 Å². The van der Waals surface area contributed by atoms with E-state index in [9.17, 15) is 0 Å². The zero-order valence-corrected chi connectivity index (χ0v) is 14.3. The lowest BCUT2D eigenvalue weighted by Crippen LogP contribution is -2.10. The molecule has 0 saturated heterocycles. The predicted molar refractivity (Wildman–Crippen MR) is 94.6 cm³/mol. The lowest BCUT2D eigenvalue weighted by Gasteiger charge is -2.10. The smallest absolute Gasteiger partial charge is 0.141 e. The van der Waals surface area contributed by atoms with E-state index in [2.05, 4.69) is 31.2 Å². The molecule has 1 heterocycles. The molecule has 0 aliphatic heterocycles. The van der Waals surface area contributed by atoms with Gasteiger partial charge in [0.2, 0.25) is 0 Å². The van der Waals surface area contributed by atoms with Crippen molar-refractivity contribution in [2.24, 2.45) is 5.10 Å². The van der Waals surface area contributed by atoms with E-state index < -0.39 is 0 Å². The third-order valence-corrected chi connectivity index (χ3v) is 3.61. The highest BCUT2D eigenvalue weighted by molar-refractivity contribution is 9.10. The maximum atomic E-state index is 5.79. The molecule has 0 radical (unpaired) electrons. The van der Waals surface area contributed by atoms with Crippen LogP contribution in [0.5, 0.6) is 11.5 Å². The zero-order valence-electron chi connectivity index (χ0n) is 12.7. The highest BCUT2D eigenvalue weighted by Crippen LogP contribution is 2.17.